The Morgan fingerprint density at radius 1 is 0.958 bits per heavy atom. The Kier molecular flexibility index (Phi) is 5.24. The van der Waals surface area contributed by atoms with Crippen LogP contribution in [0.5, 0.6) is 0 Å². The minimum absolute atomic E-state index is 0.0177. The second kappa shape index (κ2) is 6.23. The van der Waals surface area contributed by atoms with Gasteiger partial charge in [-0.3, -0.25) is 0 Å². The molecular formula is C18H36O4Si2. The quantitative estimate of drug-likeness (QED) is 0.648. The molecule has 4 nitrogen and oxygen atoms in total. The Bertz CT molecular complexity index is 500. The molecule has 0 aromatic carbocycles. The SMILES string of the molecule is CC(C)(C)[Si](C)(C)OC1=C[C@H](O[Si](C)(C)C(C)(C)C)[C@H]2CO[C@@H]1O2. The molecule has 0 unspecified atom stereocenters. The van der Waals surface area contributed by atoms with E-state index in [0.717, 1.165) is 5.76 Å². The molecule has 2 aliphatic rings. The van der Waals surface area contributed by atoms with Gasteiger partial charge in [-0.15, -0.1) is 0 Å². The number of hydrogen-bond acceptors (Lipinski definition) is 4. The van der Waals surface area contributed by atoms with Crippen molar-refractivity contribution in [1.29, 1.82) is 0 Å². The molecule has 2 rings (SSSR count). The molecule has 1 saturated heterocycles. The molecule has 0 spiro atoms. The predicted molar refractivity (Wildman–Crippen MR) is 103 cm³/mol. The highest BCUT2D eigenvalue weighted by Gasteiger charge is 2.48. The Balaban J connectivity index is 2.22. The number of rotatable bonds is 4. The van der Waals surface area contributed by atoms with E-state index in [9.17, 15) is 0 Å². The summed E-state index contributed by atoms with van der Waals surface area (Å²) >= 11 is 0. The molecule has 140 valence electrons. The van der Waals surface area contributed by atoms with Crippen LogP contribution in [0.3, 0.4) is 0 Å². The van der Waals surface area contributed by atoms with Crippen molar-refractivity contribution in [3.63, 3.8) is 0 Å². The predicted octanol–water partition coefficient (Wildman–Crippen LogP) is 5.04. The Hall–Kier alpha value is -0.146. The van der Waals surface area contributed by atoms with Crippen molar-refractivity contribution in [1.82, 2.24) is 0 Å². The Labute approximate surface area is 150 Å². The summed E-state index contributed by atoms with van der Waals surface area (Å²) in [4.78, 5) is 0. The molecule has 0 amide bonds. The lowest BCUT2D eigenvalue weighted by Gasteiger charge is -2.42. The first-order valence-electron chi connectivity index (χ1n) is 9.00. The maximum Gasteiger partial charge on any atom is 0.250 e. The van der Waals surface area contributed by atoms with Crippen molar-refractivity contribution >= 4 is 16.6 Å². The lowest BCUT2D eigenvalue weighted by molar-refractivity contribution is -0.0801. The summed E-state index contributed by atoms with van der Waals surface area (Å²) in [6.07, 6.45) is 1.68. The molecule has 6 heteroatoms. The van der Waals surface area contributed by atoms with Crippen molar-refractivity contribution in [2.24, 2.45) is 0 Å². The highest BCUT2D eigenvalue weighted by molar-refractivity contribution is 6.74. The summed E-state index contributed by atoms with van der Waals surface area (Å²) in [6, 6.07) is 0. The van der Waals surface area contributed by atoms with E-state index >= 15 is 0 Å². The lowest BCUT2D eigenvalue weighted by Crippen LogP contribution is -2.49. The fourth-order valence-corrected chi connectivity index (χ4v) is 4.56. The van der Waals surface area contributed by atoms with E-state index in [4.69, 9.17) is 18.3 Å². The minimum Gasteiger partial charge on any atom is -0.543 e. The molecule has 1 fully saturated rings. The number of ether oxygens (including phenoxy) is 2. The van der Waals surface area contributed by atoms with Crippen LogP contribution in [0, 0.1) is 0 Å². The van der Waals surface area contributed by atoms with Gasteiger partial charge in [-0.1, -0.05) is 41.5 Å². The molecule has 0 N–H and O–H groups in total. The molecule has 0 saturated carbocycles. The van der Waals surface area contributed by atoms with Gasteiger partial charge in [0.15, 0.2) is 8.32 Å². The number of fused-ring (bicyclic) bond motifs is 2. The van der Waals surface area contributed by atoms with Crippen molar-refractivity contribution in [2.75, 3.05) is 6.61 Å². The summed E-state index contributed by atoms with van der Waals surface area (Å²) < 4.78 is 24.9. The normalized spacial score (nSPS) is 28.8. The molecule has 0 radical (unpaired) electrons. The third kappa shape index (κ3) is 3.98. The summed E-state index contributed by atoms with van der Waals surface area (Å²) in [7, 11) is -3.81. The highest BCUT2D eigenvalue weighted by atomic mass is 28.4. The maximum absolute atomic E-state index is 6.60. The van der Waals surface area contributed by atoms with Crippen LogP contribution in [-0.2, 0) is 18.3 Å². The topological polar surface area (TPSA) is 36.9 Å². The van der Waals surface area contributed by atoms with Crippen LogP contribution in [0.25, 0.3) is 0 Å². The first-order valence-corrected chi connectivity index (χ1v) is 14.8. The van der Waals surface area contributed by atoms with Gasteiger partial charge in [0.05, 0.1) is 12.7 Å². The van der Waals surface area contributed by atoms with E-state index in [1.807, 2.05) is 0 Å². The van der Waals surface area contributed by atoms with E-state index in [2.05, 4.69) is 73.8 Å². The zero-order chi connectivity index (χ0) is 18.6. The van der Waals surface area contributed by atoms with Gasteiger partial charge in [-0.2, -0.15) is 0 Å². The second-order valence-corrected chi connectivity index (χ2v) is 19.6. The van der Waals surface area contributed by atoms with Crippen LogP contribution < -0.4 is 0 Å². The fourth-order valence-electron chi connectivity index (χ4n) is 2.25. The van der Waals surface area contributed by atoms with E-state index in [-0.39, 0.29) is 28.6 Å². The van der Waals surface area contributed by atoms with Crippen LogP contribution in [0.1, 0.15) is 41.5 Å². The highest BCUT2D eigenvalue weighted by Crippen LogP contribution is 2.43. The summed E-state index contributed by atoms with van der Waals surface area (Å²) in [6.45, 7) is 23.1. The molecule has 2 bridgehead atoms. The van der Waals surface area contributed by atoms with E-state index in [1.165, 1.54) is 0 Å². The van der Waals surface area contributed by atoms with Gasteiger partial charge in [0, 0.05) is 0 Å². The van der Waals surface area contributed by atoms with Gasteiger partial charge < -0.3 is 18.3 Å². The van der Waals surface area contributed by atoms with Crippen LogP contribution in [-0.4, -0.2) is 41.7 Å². The Morgan fingerprint density at radius 2 is 1.50 bits per heavy atom. The second-order valence-electron chi connectivity index (χ2n) is 10.1. The summed E-state index contributed by atoms with van der Waals surface area (Å²) in [5, 5.41) is 0.302. The van der Waals surface area contributed by atoms with Crippen molar-refractivity contribution in [2.45, 2.75) is 96.3 Å². The van der Waals surface area contributed by atoms with E-state index in [1.54, 1.807) is 0 Å². The van der Waals surface area contributed by atoms with Crippen LogP contribution in [0.15, 0.2) is 11.8 Å². The van der Waals surface area contributed by atoms with Crippen molar-refractivity contribution < 1.29 is 18.3 Å². The molecular weight excluding hydrogens is 336 g/mol. The zero-order valence-corrected chi connectivity index (χ0v) is 19.1. The zero-order valence-electron chi connectivity index (χ0n) is 17.1. The summed E-state index contributed by atoms with van der Waals surface area (Å²) in [5.41, 5.74) is 0. The van der Waals surface area contributed by atoms with Gasteiger partial charge in [-0.05, 0) is 42.3 Å². The van der Waals surface area contributed by atoms with E-state index in [0.29, 0.717) is 6.61 Å². The molecule has 24 heavy (non-hydrogen) atoms. The van der Waals surface area contributed by atoms with Crippen molar-refractivity contribution in [3.8, 4) is 0 Å². The van der Waals surface area contributed by atoms with Gasteiger partial charge in [0.25, 0.3) is 0 Å². The van der Waals surface area contributed by atoms with Crippen LogP contribution in [0.4, 0.5) is 0 Å². The third-order valence-electron chi connectivity index (χ3n) is 6.05. The minimum atomic E-state index is -1.93. The molecule has 0 aromatic heterocycles. The average Bonchev–Trinajstić information content (AvgIpc) is 2.77. The third-order valence-corrected chi connectivity index (χ3v) is 14.9. The number of hydrogen-bond donors (Lipinski definition) is 0. The van der Waals surface area contributed by atoms with Gasteiger partial charge in [0.2, 0.25) is 14.6 Å². The Morgan fingerprint density at radius 3 is 2.00 bits per heavy atom. The lowest BCUT2D eigenvalue weighted by atomic mass is 10.2. The molecule has 0 aliphatic carbocycles. The largest absolute Gasteiger partial charge is 0.543 e. The van der Waals surface area contributed by atoms with Crippen molar-refractivity contribution in [3.05, 3.63) is 11.8 Å². The monoisotopic (exact) mass is 372 g/mol. The first kappa shape index (κ1) is 20.2. The standard InChI is InChI=1S/C18H36O4Si2/c1-17(2,3)23(7,8)21-13-11-14(16-19-12-15(13)20-16)22-24(9,10)18(4,5)6/h11,13,15-16H,12H2,1-10H3/t13-,15+,16+/m0/s1. The molecule has 3 atom stereocenters. The van der Waals surface area contributed by atoms with Gasteiger partial charge >= 0.3 is 0 Å². The average molecular weight is 373 g/mol. The first-order chi connectivity index (χ1) is 10.6. The molecule has 2 aliphatic heterocycles. The fraction of sp³-hybridized carbons (Fsp3) is 0.889. The van der Waals surface area contributed by atoms with E-state index < -0.39 is 16.6 Å². The summed E-state index contributed by atoms with van der Waals surface area (Å²) in [5.74, 6) is 0.819. The van der Waals surface area contributed by atoms with Crippen LogP contribution in [0.2, 0.25) is 36.3 Å². The maximum atomic E-state index is 6.60. The molecule has 0 aromatic rings. The van der Waals surface area contributed by atoms with Crippen LogP contribution >= 0.6 is 0 Å². The smallest absolute Gasteiger partial charge is 0.250 e. The molecule has 2 heterocycles. The van der Waals surface area contributed by atoms with Gasteiger partial charge in [-0.25, -0.2) is 0 Å². The van der Waals surface area contributed by atoms with Gasteiger partial charge in [0.1, 0.15) is 11.9 Å².